The summed E-state index contributed by atoms with van der Waals surface area (Å²) in [6, 6.07) is 4.76. The second-order valence-electron chi connectivity index (χ2n) is 8.44. The Balaban J connectivity index is 2.31. The molecule has 8 nitrogen and oxygen atoms in total. The molecule has 0 saturated heterocycles. The summed E-state index contributed by atoms with van der Waals surface area (Å²) >= 11 is 0. The van der Waals surface area contributed by atoms with E-state index in [0.29, 0.717) is 19.5 Å². The van der Waals surface area contributed by atoms with Gasteiger partial charge in [0.1, 0.15) is 12.1 Å². The van der Waals surface area contributed by atoms with Gasteiger partial charge in [0.15, 0.2) is 0 Å². The number of hydrogen-bond donors (Lipinski definition) is 0. The Hall–Kier alpha value is -1.97. The molecule has 29 heavy (non-hydrogen) atoms. The zero-order chi connectivity index (χ0) is 22.0. The van der Waals surface area contributed by atoms with Crippen molar-refractivity contribution < 1.29 is 22.7 Å². The first kappa shape index (κ1) is 23.3. The summed E-state index contributed by atoms with van der Waals surface area (Å²) in [5.74, 6) is -0.666. The summed E-state index contributed by atoms with van der Waals surface area (Å²) in [5.41, 5.74) is 0.854. The molecule has 1 aliphatic rings. The van der Waals surface area contributed by atoms with Crippen LogP contribution in [0.2, 0.25) is 0 Å². The van der Waals surface area contributed by atoms with Gasteiger partial charge in [-0.2, -0.15) is 4.31 Å². The molecule has 1 aromatic rings. The third-order valence-corrected chi connectivity index (χ3v) is 6.33. The lowest BCUT2D eigenvalue weighted by atomic mass is 10.2. The molecule has 2 rings (SSSR count). The van der Waals surface area contributed by atoms with Crippen molar-refractivity contribution in [1.29, 1.82) is 0 Å². The van der Waals surface area contributed by atoms with Gasteiger partial charge in [-0.15, -0.1) is 0 Å². The molecule has 0 atom stereocenters. The maximum atomic E-state index is 13.3. The largest absolute Gasteiger partial charge is 0.459 e. The second-order valence-corrected chi connectivity index (χ2v) is 10.4. The molecule has 0 aliphatic carbocycles. The van der Waals surface area contributed by atoms with E-state index in [1.54, 1.807) is 37.8 Å². The van der Waals surface area contributed by atoms with Crippen molar-refractivity contribution in [2.75, 3.05) is 45.2 Å². The smallest absolute Gasteiger partial charge is 0.321 e. The molecule has 0 N–H and O–H groups in total. The minimum atomic E-state index is -3.90. The highest BCUT2D eigenvalue weighted by molar-refractivity contribution is 7.89. The van der Waals surface area contributed by atoms with Gasteiger partial charge >= 0.3 is 5.97 Å². The predicted octanol–water partition coefficient (Wildman–Crippen LogP) is 1.49. The lowest BCUT2D eigenvalue weighted by molar-refractivity contribution is -0.155. The average Bonchev–Trinajstić information content (AvgIpc) is 3.00. The van der Waals surface area contributed by atoms with Crippen LogP contribution in [0.5, 0.6) is 0 Å². The maximum Gasteiger partial charge on any atom is 0.321 e. The standard InChI is InChI=1S/C20H31N3O5S/c1-15(24)23-10-9-16-13-17(7-8-18(16)23)29(26,27)22(12-11-21(5)6)14-19(25)28-20(2,3)4/h7-8,13H,9-12,14H2,1-6H3. The zero-order valence-electron chi connectivity index (χ0n) is 18.1. The summed E-state index contributed by atoms with van der Waals surface area (Å²) in [6.07, 6.45) is 0.599. The quantitative estimate of drug-likeness (QED) is 0.615. The van der Waals surface area contributed by atoms with Gasteiger partial charge in [-0.3, -0.25) is 9.59 Å². The first-order chi connectivity index (χ1) is 13.3. The Labute approximate surface area is 173 Å². The minimum absolute atomic E-state index is 0.0723. The van der Waals surface area contributed by atoms with Crippen LogP contribution in [0, 0.1) is 0 Å². The molecule has 0 radical (unpaired) electrons. The summed E-state index contributed by atoms with van der Waals surface area (Å²) in [6.45, 7) is 7.51. The van der Waals surface area contributed by atoms with Crippen molar-refractivity contribution in [3.8, 4) is 0 Å². The first-order valence-electron chi connectivity index (χ1n) is 9.59. The van der Waals surface area contributed by atoms with E-state index in [1.807, 2.05) is 19.0 Å². The van der Waals surface area contributed by atoms with Gasteiger partial charge in [-0.25, -0.2) is 8.42 Å². The number of amides is 1. The lowest BCUT2D eigenvalue weighted by Gasteiger charge is -2.26. The molecule has 0 saturated carbocycles. The van der Waals surface area contributed by atoms with E-state index in [-0.39, 0.29) is 23.9 Å². The van der Waals surface area contributed by atoms with Gasteiger partial charge in [-0.1, -0.05) is 0 Å². The number of nitrogens with zero attached hydrogens (tertiary/aromatic N) is 3. The van der Waals surface area contributed by atoms with Crippen molar-refractivity contribution in [2.45, 2.75) is 44.6 Å². The average molecular weight is 426 g/mol. The van der Waals surface area contributed by atoms with Gasteiger partial charge in [-0.05, 0) is 65.0 Å². The molecule has 0 bridgehead atoms. The summed E-state index contributed by atoms with van der Waals surface area (Å²) < 4.78 is 33.0. The second kappa shape index (κ2) is 8.81. The topological polar surface area (TPSA) is 87.2 Å². The van der Waals surface area contributed by atoms with Crippen LogP contribution in [0.4, 0.5) is 5.69 Å². The van der Waals surface area contributed by atoms with E-state index in [2.05, 4.69) is 0 Å². The van der Waals surface area contributed by atoms with E-state index in [1.165, 1.54) is 13.0 Å². The number of likely N-dealkylation sites (N-methyl/N-ethyl adjacent to an activating group) is 1. The van der Waals surface area contributed by atoms with Crippen LogP contribution in [0.3, 0.4) is 0 Å². The van der Waals surface area contributed by atoms with Crippen LogP contribution in [0.25, 0.3) is 0 Å². The van der Waals surface area contributed by atoms with Crippen LogP contribution in [-0.4, -0.2) is 75.4 Å². The molecule has 0 fully saturated rings. The number of fused-ring (bicyclic) bond motifs is 1. The van der Waals surface area contributed by atoms with Crippen molar-refractivity contribution in [3.05, 3.63) is 23.8 Å². The van der Waals surface area contributed by atoms with Gasteiger partial charge in [0, 0.05) is 32.2 Å². The normalized spacial score (nSPS) is 14.4. The van der Waals surface area contributed by atoms with Gasteiger partial charge in [0.05, 0.1) is 4.90 Å². The Morgan fingerprint density at radius 2 is 1.83 bits per heavy atom. The first-order valence-corrected chi connectivity index (χ1v) is 11.0. The highest BCUT2D eigenvalue weighted by atomic mass is 32.2. The molecular formula is C20H31N3O5S. The molecule has 1 heterocycles. The molecule has 0 aromatic heterocycles. The highest BCUT2D eigenvalue weighted by Gasteiger charge is 2.31. The fourth-order valence-electron chi connectivity index (χ4n) is 3.13. The number of anilines is 1. The van der Waals surface area contributed by atoms with E-state index in [0.717, 1.165) is 15.6 Å². The fraction of sp³-hybridized carbons (Fsp3) is 0.600. The van der Waals surface area contributed by atoms with Crippen LogP contribution >= 0.6 is 0 Å². The molecule has 162 valence electrons. The molecule has 1 aliphatic heterocycles. The van der Waals surface area contributed by atoms with Crippen molar-refractivity contribution >= 4 is 27.6 Å². The molecule has 1 amide bonds. The summed E-state index contributed by atoms with van der Waals surface area (Å²) in [7, 11) is -0.230. The van der Waals surface area contributed by atoms with E-state index in [9.17, 15) is 18.0 Å². The van der Waals surface area contributed by atoms with Crippen LogP contribution in [-0.2, 0) is 30.8 Å². The predicted molar refractivity (Wildman–Crippen MR) is 111 cm³/mol. The summed E-state index contributed by atoms with van der Waals surface area (Å²) in [5, 5.41) is 0. The molecule has 0 spiro atoms. The summed E-state index contributed by atoms with van der Waals surface area (Å²) in [4.78, 5) is 27.6. The van der Waals surface area contributed by atoms with E-state index >= 15 is 0 Å². The number of sulfonamides is 1. The van der Waals surface area contributed by atoms with Crippen molar-refractivity contribution in [2.24, 2.45) is 0 Å². The number of esters is 1. The molecule has 1 aromatic carbocycles. The number of benzene rings is 1. The Morgan fingerprint density at radius 1 is 1.17 bits per heavy atom. The third-order valence-electron chi connectivity index (χ3n) is 4.49. The van der Waals surface area contributed by atoms with Crippen LogP contribution in [0.1, 0.15) is 33.3 Å². The van der Waals surface area contributed by atoms with E-state index < -0.39 is 21.6 Å². The highest BCUT2D eigenvalue weighted by Crippen LogP contribution is 2.31. The number of ether oxygens (including phenoxy) is 1. The number of rotatable bonds is 7. The zero-order valence-corrected chi connectivity index (χ0v) is 18.9. The molecule has 0 unspecified atom stereocenters. The monoisotopic (exact) mass is 425 g/mol. The number of carbonyl (C=O) groups excluding carboxylic acids is 2. The van der Waals surface area contributed by atoms with E-state index in [4.69, 9.17) is 4.74 Å². The van der Waals surface area contributed by atoms with Crippen LogP contribution < -0.4 is 4.90 Å². The van der Waals surface area contributed by atoms with Gasteiger partial charge < -0.3 is 14.5 Å². The maximum absolute atomic E-state index is 13.3. The number of carbonyl (C=O) groups is 2. The fourth-order valence-corrected chi connectivity index (χ4v) is 4.55. The minimum Gasteiger partial charge on any atom is -0.459 e. The van der Waals surface area contributed by atoms with Crippen molar-refractivity contribution in [1.82, 2.24) is 9.21 Å². The van der Waals surface area contributed by atoms with Gasteiger partial charge in [0.25, 0.3) is 0 Å². The number of hydrogen-bond acceptors (Lipinski definition) is 6. The van der Waals surface area contributed by atoms with Crippen molar-refractivity contribution in [3.63, 3.8) is 0 Å². The molecular weight excluding hydrogens is 394 g/mol. The molecule has 9 heteroatoms. The third kappa shape index (κ3) is 6.01. The van der Waals surface area contributed by atoms with Crippen LogP contribution in [0.15, 0.2) is 23.1 Å². The Morgan fingerprint density at radius 3 is 2.38 bits per heavy atom. The Kier molecular flexibility index (Phi) is 7.08. The lowest BCUT2D eigenvalue weighted by Crippen LogP contribution is -2.42. The Bertz CT molecular complexity index is 875. The van der Waals surface area contributed by atoms with Gasteiger partial charge in [0.2, 0.25) is 15.9 Å². The SMILES string of the molecule is CC(=O)N1CCc2cc(S(=O)(=O)N(CCN(C)C)CC(=O)OC(C)(C)C)ccc21.